The maximum atomic E-state index is 13.3. The highest BCUT2D eigenvalue weighted by molar-refractivity contribution is 7.89. The van der Waals surface area contributed by atoms with Crippen LogP contribution in [0, 0.1) is 4.77 Å². The van der Waals surface area contributed by atoms with Gasteiger partial charge in [-0.25, -0.2) is 13.1 Å². The van der Waals surface area contributed by atoms with Crippen molar-refractivity contribution in [3.05, 3.63) is 83.6 Å². The highest BCUT2D eigenvalue weighted by atomic mass is 32.2. The van der Waals surface area contributed by atoms with E-state index in [1.807, 2.05) is 63.8 Å². The molecule has 0 amide bonds. The second-order valence-electron chi connectivity index (χ2n) is 10.3. The van der Waals surface area contributed by atoms with Gasteiger partial charge in [-0.1, -0.05) is 42.5 Å². The van der Waals surface area contributed by atoms with Gasteiger partial charge in [0.2, 0.25) is 14.8 Å². The van der Waals surface area contributed by atoms with E-state index in [1.165, 1.54) is 0 Å². The molecule has 4 aromatic rings. The molecule has 0 N–H and O–H groups in total. The number of ether oxygens (including phenoxy) is 1. The van der Waals surface area contributed by atoms with Crippen LogP contribution in [0.15, 0.2) is 83.8 Å². The molecule has 0 saturated carbocycles. The number of benzene rings is 3. The van der Waals surface area contributed by atoms with Crippen LogP contribution in [-0.2, 0) is 16.7 Å². The molecule has 2 aliphatic heterocycles. The maximum absolute atomic E-state index is 13.3. The van der Waals surface area contributed by atoms with Crippen molar-refractivity contribution in [2.45, 2.75) is 24.4 Å². The molecule has 3 aromatic carbocycles. The number of hydrogen-bond donors (Lipinski definition) is 0. The minimum absolute atomic E-state index is 0.282. The Morgan fingerprint density at radius 2 is 1.56 bits per heavy atom. The Bertz CT molecular complexity index is 1670. The number of para-hydroxylation sites is 3. The van der Waals surface area contributed by atoms with E-state index in [0.717, 1.165) is 56.1 Å². The van der Waals surface area contributed by atoms with Crippen molar-refractivity contribution in [3.8, 4) is 22.8 Å². The molecule has 2 aliphatic rings. The molecule has 11 heteroatoms. The second-order valence-corrected chi connectivity index (χ2v) is 12.6. The van der Waals surface area contributed by atoms with Crippen molar-refractivity contribution >= 4 is 27.9 Å². The molecule has 0 atom stereocenters. The number of piperazine rings is 1. The molecule has 0 bridgehead atoms. The van der Waals surface area contributed by atoms with Gasteiger partial charge in [0.15, 0.2) is 5.82 Å². The zero-order chi connectivity index (χ0) is 28.4. The molecule has 0 radical (unpaired) electrons. The lowest BCUT2D eigenvalue weighted by Gasteiger charge is -2.36. The molecular formula is C30H34N6O3S2. The van der Waals surface area contributed by atoms with E-state index in [1.54, 1.807) is 29.6 Å². The Balaban J connectivity index is 1.30. The van der Waals surface area contributed by atoms with Crippen LogP contribution in [0.3, 0.4) is 0 Å². The Kier molecular flexibility index (Phi) is 7.94. The number of anilines is 1. The summed E-state index contributed by atoms with van der Waals surface area (Å²) in [6.45, 7) is 5.06. The standard InChI is InChI=1S/C30H34N6O3S2/c1-39-28-15-6-5-14-27(28)33-20-18-32(19-21-33)23-35-30(40)36(25-11-3-2-4-12-25)29(31-35)24-10-9-13-26(22-24)41(37,38)34-16-7-8-17-34/h2-6,9-15,22H,7-8,16-21,23H2,1H3. The van der Waals surface area contributed by atoms with Crippen LogP contribution in [0.4, 0.5) is 5.69 Å². The summed E-state index contributed by atoms with van der Waals surface area (Å²) in [5, 5.41) is 4.97. The maximum Gasteiger partial charge on any atom is 0.243 e. The highest BCUT2D eigenvalue weighted by Crippen LogP contribution is 2.30. The predicted octanol–water partition coefficient (Wildman–Crippen LogP) is 4.64. The normalized spacial score (nSPS) is 16.8. The van der Waals surface area contributed by atoms with E-state index in [2.05, 4.69) is 15.9 Å². The zero-order valence-electron chi connectivity index (χ0n) is 23.1. The van der Waals surface area contributed by atoms with Crippen molar-refractivity contribution in [2.24, 2.45) is 0 Å². The van der Waals surface area contributed by atoms with Gasteiger partial charge in [0.25, 0.3) is 0 Å². The molecule has 0 unspecified atom stereocenters. The summed E-state index contributed by atoms with van der Waals surface area (Å²) >= 11 is 5.97. The van der Waals surface area contributed by atoms with E-state index < -0.39 is 10.0 Å². The van der Waals surface area contributed by atoms with Crippen molar-refractivity contribution in [3.63, 3.8) is 0 Å². The van der Waals surface area contributed by atoms with Gasteiger partial charge in [0.1, 0.15) is 5.75 Å². The fourth-order valence-electron chi connectivity index (χ4n) is 5.58. The minimum atomic E-state index is -3.56. The molecule has 0 aliphatic carbocycles. The molecule has 214 valence electrons. The third-order valence-corrected chi connectivity index (χ3v) is 10.1. The zero-order valence-corrected chi connectivity index (χ0v) is 24.7. The van der Waals surface area contributed by atoms with Gasteiger partial charge in [-0.3, -0.25) is 9.47 Å². The number of nitrogens with zero attached hydrogens (tertiary/aromatic N) is 6. The Morgan fingerprint density at radius 3 is 2.29 bits per heavy atom. The minimum Gasteiger partial charge on any atom is -0.495 e. The topological polar surface area (TPSA) is 75.8 Å². The van der Waals surface area contributed by atoms with E-state index in [-0.39, 0.29) is 4.90 Å². The monoisotopic (exact) mass is 590 g/mol. The Hall–Kier alpha value is -3.51. The van der Waals surface area contributed by atoms with Crippen LogP contribution in [-0.4, -0.2) is 78.3 Å². The first-order valence-electron chi connectivity index (χ1n) is 13.9. The largest absolute Gasteiger partial charge is 0.495 e. The van der Waals surface area contributed by atoms with Crippen LogP contribution in [0.2, 0.25) is 0 Å². The number of aromatic nitrogens is 3. The summed E-state index contributed by atoms with van der Waals surface area (Å²) in [7, 11) is -1.86. The van der Waals surface area contributed by atoms with Gasteiger partial charge in [0.05, 0.1) is 24.4 Å². The lowest BCUT2D eigenvalue weighted by atomic mass is 10.2. The van der Waals surface area contributed by atoms with E-state index in [0.29, 0.717) is 35.9 Å². The summed E-state index contributed by atoms with van der Waals surface area (Å²) in [6, 6.07) is 25.0. The van der Waals surface area contributed by atoms with Gasteiger partial charge in [-0.15, -0.1) is 5.10 Å². The third-order valence-electron chi connectivity index (χ3n) is 7.78. The van der Waals surface area contributed by atoms with Gasteiger partial charge in [-0.05, 0) is 61.5 Å². The van der Waals surface area contributed by atoms with Crippen LogP contribution in [0.1, 0.15) is 12.8 Å². The van der Waals surface area contributed by atoms with Crippen LogP contribution in [0.25, 0.3) is 17.1 Å². The van der Waals surface area contributed by atoms with Gasteiger partial charge in [0, 0.05) is 50.5 Å². The average Bonchev–Trinajstić information content (AvgIpc) is 3.67. The summed E-state index contributed by atoms with van der Waals surface area (Å²) in [4.78, 5) is 4.96. The summed E-state index contributed by atoms with van der Waals surface area (Å²) in [6.07, 6.45) is 1.79. The number of rotatable bonds is 8. The van der Waals surface area contributed by atoms with Crippen molar-refractivity contribution in [1.29, 1.82) is 0 Å². The first kappa shape index (κ1) is 27.6. The number of methoxy groups -OCH3 is 1. The van der Waals surface area contributed by atoms with E-state index in [9.17, 15) is 8.42 Å². The highest BCUT2D eigenvalue weighted by Gasteiger charge is 2.28. The first-order chi connectivity index (χ1) is 20.0. The molecule has 0 spiro atoms. The molecule has 9 nitrogen and oxygen atoms in total. The van der Waals surface area contributed by atoms with E-state index >= 15 is 0 Å². The van der Waals surface area contributed by atoms with Gasteiger partial charge < -0.3 is 9.64 Å². The van der Waals surface area contributed by atoms with E-state index in [4.69, 9.17) is 22.1 Å². The molecule has 2 saturated heterocycles. The van der Waals surface area contributed by atoms with Gasteiger partial charge >= 0.3 is 0 Å². The lowest BCUT2D eigenvalue weighted by Crippen LogP contribution is -2.47. The van der Waals surface area contributed by atoms with Gasteiger partial charge in [-0.2, -0.15) is 4.31 Å². The average molecular weight is 591 g/mol. The molecule has 2 fully saturated rings. The lowest BCUT2D eigenvalue weighted by molar-refractivity contribution is 0.194. The first-order valence-corrected chi connectivity index (χ1v) is 15.8. The fourth-order valence-corrected chi connectivity index (χ4v) is 7.43. The molecule has 6 rings (SSSR count). The quantitative estimate of drug-likeness (QED) is 0.277. The molecule has 41 heavy (non-hydrogen) atoms. The number of sulfonamides is 1. The fraction of sp³-hybridized carbons (Fsp3) is 0.333. The van der Waals surface area contributed by atoms with Crippen molar-refractivity contribution in [1.82, 2.24) is 23.6 Å². The van der Waals surface area contributed by atoms with Crippen LogP contribution >= 0.6 is 12.2 Å². The predicted molar refractivity (Wildman–Crippen MR) is 163 cm³/mol. The Labute approximate surface area is 246 Å². The third kappa shape index (κ3) is 5.54. The smallest absolute Gasteiger partial charge is 0.243 e. The SMILES string of the molecule is COc1ccccc1N1CCN(Cn2nc(-c3cccc(S(=O)(=O)N4CCCC4)c3)n(-c3ccccc3)c2=S)CC1. The van der Waals surface area contributed by atoms with Crippen LogP contribution in [0.5, 0.6) is 5.75 Å². The summed E-state index contributed by atoms with van der Waals surface area (Å²) in [5.74, 6) is 1.50. The second kappa shape index (κ2) is 11.8. The van der Waals surface area contributed by atoms with Crippen LogP contribution < -0.4 is 9.64 Å². The molecule has 1 aromatic heterocycles. The van der Waals surface area contributed by atoms with Crippen molar-refractivity contribution < 1.29 is 13.2 Å². The summed E-state index contributed by atoms with van der Waals surface area (Å²) in [5.41, 5.74) is 2.69. The summed E-state index contributed by atoms with van der Waals surface area (Å²) < 4.78 is 38.1. The molecule has 3 heterocycles. The number of hydrogen-bond acceptors (Lipinski definition) is 7. The molecular weight excluding hydrogens is 557 g/mol. The van der Waals surface area contributed by atoms with Crippen molar-refractivity contribution in [2.75, 3.05) is 51.3 Å². The Morgan fingerprint density at radius 1 is 0.854 bits per heavy atom.